The van der Waals surface area contributed by atoms with Crippen LogP contribution < -0.4 is 14.9 Å². The lowest BCUT2D eigenvalue weighted by Gasteiger charge is -2.15. The second-order valence-electron chi connectivity index (χ2n) is 7.84. The fraction of sp³-hybridized carbons (Fsp3) is 0.148. The third kappa shape index (κ3) is 5.18. The number of benzene rings is 3. The highest BCUT2D eigenvalue weighted by molar-refractivity contribution is 6.32. The van der Waals surface area contributed by atoms with E-state index in [2.05, 4.69) is 10.5 Å². The minimum atomic E-state index is -0.343. The van der Waals surface area contributed by atoms with Gasteiger partial charge >= 0.3 is 0 Å². The maximum atomic E-state index is 13.1. The molecule has 1 N–H and O–H groups in total. The van der Waals surface area contributed by atoms with Crippen LogP contribution in [0, 0.1) is 0 Å². The van der Waals surface area contributed by atoms with Crippen molar-refractivity contribution in [3.63, 3.8) is 0 Å². The molecule has 4 aromatic rings. The Kier molecular flexibility index (Phi) is 7.09. The molecule has 7 heteroatoms. The van der Waals surface area contributed by atoms with E-state index in [-0.39, 0.29) is 12.0 Å². The van der Waals surface area contributed by atoms with Crippen molar-refractivity contribution in [3.8, 4) is 22.8 Å². The maximum Gasteiger partial charge on any atom is 0.272 e. The van der Waals surface area contributed by atoms with E-state index in [1.165, 1.54) is 6.21 Å². The Balaban J connectivity index is 1.61. The quantitative estimate of drug-likeness (QED) is 0.259. The molecular formula is C27H24ClN3O3. The molecule has 0 saturated carbocycles. The number of carbonyl (C=O) groups excluding carboxylic acids is 1. The van der Waals surface area contributed by atoms with Gasteiger partial charge < -0.3 is 9.47 Å². The molecule has 0 bridgehead atoms. The SMILES string of the molecule is COc1cc(/C=N\NC(=O)c2cc(-c3ccccc3)nc3ccccc23)cc(Cl)c1OC(C)C. The van der Waals surface area contributed by atoms with Gasteiger partial charge in [-0.2, -0.15) is 5.10 Å². The molecule has 1 amide bonds. The van der Waals surface area contributed by atoms with Gasteiger partial charge in [-0.05, 0) is 43.7 Å². The average Bonchev–Trinajstić information content (AvgIpc) is 2.85. The van der Waals surface area contributed by atoms with E-state index in [0.717, 1.165) is 16.5 Å². The lowest BCUT2D eigenvalue weighted by molar-refractivity contribution is 0.0956. The van der Waals surface area contributed by atoms with E-state index in [4.69, 9.17) is 26.1 Å². The number of carbonyl (C=O) groups is 1. The first-order valence-electron chi connectivity index (χ1n) is 10.8. The van der Waals surface area contributed by atoms with Crippen LogP contribution in [0.1, 0.15) is 29.8 Å². The number of pyridine rings is 1. The van der Waals surface area contributed by atoms with Crippen LogP contribution in [0.2, 0.25) is 5.02 Å². The van der Waals surface area contributed by atoms with E-state index in [0.29, 0.717) is 33.3 Å². The normalized spacial score (nSPS) is 11.2. The average molecular weight is 474 g/mol. The first-order valence-corrected chi connectivity index (χ1v) is 11.2. The van der Waals surface area contributed by atoms with Crippen molar-refractivity contribution in [2.45, 2.75) is 20.0 Å². The number of nitrogens with zero attached hydrogens (tertiary/aromatic N) is 2. The number of aromatic nitrogens is 1. The number of rotatable bonds is 7. The van der Waals surface area contributed by atoms with Crippen LogP contribution >= 0.6 is 11.6 Å². The Morgan fingerprint density at radius 3 is 2.53 bits per heavy atom. The summed E-state index contributed by atoms with van der Waals surface area (Å²) in [6.45, 7) is 3.82. The lowest BCUT2D eigenvalue weighted by Crippen LogP contribution is -2.18. The second kappa shape index (κ2) is 10.4. The van der Waals surface area contributed by atoms with Gasteiger partial charge in [-0.25, -0.2) is 10.4 Å². The molecule has 6 nitrogen and oxygen atoms in total. The first-order chi connectivity index (χ1) is 16.5. The molecule has 0 aliphatic heterocycles. The topological polar surface area (TPSA) is 72.8 Å². The Morgan fingerprint density at radius 2 is 1.79 bits per heavy atom. The van der Waals surface area contributed by atoms with Crippen LogP contribution in [0.25, 0.3) is 22.2 Å². The number of hydrazone groups is 1. The van der Waals surface area contributed by atoms with E-state index in [1.807, 2.05) is 68.4 Å². The Hall–Kier alpha value is -3.90. The van der Waals surface area contributed by atoms with Gasteiger partial charge in [0.15, 0.2) is 11.5 Å². The molecule has 3 aromatic carbocycles. The zero-order valence-electron chi connectivity index (χ0n) is 19.1. The van der Waals surface area contributed by atoms with E-state index in [9.17, 15) is 4.79 Å². The van der Waals surface area contributed by atoms with Crippen molar-refractivity contribution in [2.24, 2.45) is 5.10 Å². The molecule has 0 fully saturated rings. The molecule has 1 heterocycles. The molecule has 0 radical (unpaired) electrons. The van der Waals surface area contributed by atoms with Gasteiger partial charge in [-0.3, -0.25) is 4.79 Å². The molecule has 0 aliphatic carbocycles. The molecule has 0 aliphatic rings. The second-order valence-corrected chi connectivity index (χ2v) is 8.25. The number of methoxy groups -OCH3 is 1. The predicted molar refractivity (Wildman–Crippen MR) is 136 cm³/mol. The van der Waals surface area contributed by atoms with Gasteiger partial charge in [0.25, 0.3) is 5.91 Å². The molecule has 0 atom stereocenters. The minimum absolute atomic E-state index is 0.0545. The summed E-state index contributed by atoms with van der Waals surface area (Å²) >= 11 is 6.37. The summed E-state index contributed by atoms with van der Waals surface area (Å²) in [6.07, 6.45) is 1.45. The van der Waals surface area contributed by atoms with Crippen molar-refractivity contribution >= 4 is 34.6 Å². The van der Waals surface area contributed by atoms with Gasteiger partial charge in [0.05, 0.1) is 41.2 Å². The van der Waals surface area contributed by atoms with Gasteiger partial charge in [0, 0.05) is 10.9 Å². The minimum Gasteiger partial charge on any atom is -0.493 e. The van der Waals surface area contributed by atoms with Crippen molar-refractivity contribution in [1.82, 2.24) is 10.4 Å². The van der Waals surface area contributed by atoms with Crippen LogP contribution in [0.3, 0.4) is 0 Å². The third-order valence-electron chi connectivity index (χ3n) is 5.02. The number of ether oxygens (including phenoxy) is 2. The summed E-state index contributed by atoms with van der Waals surface area (Å²) in [7, 11) is 1.54. The molecule has 172 valence electrons. The van der Waals surface area contributed by atoms with Crippen molar-refractivity contribution < 1.29 is 14.3 Å². The molecule has 0 unspecified atom stereocenters. The lowest BCUT2D eigenvalue weighted by atomic mass is 10.0. The smallest absolute Gasteiger partial charge is 0.272 e. The summed E-state index contributed by atoms with van der Waals surface area (Å²) in [5.74, 6) is 0.614. The zero-order valence-corrected chi connectivity index (χ0v) is 19.8. The van der Waals surface area contributed by atoms with Crippen LogP contribution in [0.15, 0.2) is 77.9 Å². The Morgan fingerprint density at radius 1 is 1.06 bits per heavy atom. The summed E-state index contributed by atoms with van der Waals surface area (Å²) in [4.78, 5) is 17.8. The highest BCUT2D eigenvalue weighted by atomic mass is 35.5. The van der Waals surface area contributed by atoms with E-state index >= 15 is 0 Å². The maximum absolute atomic E-state index is 13.1. The molecule has 4 rings (SSSR count). The highest BCUT2D eigenvalue weighted by Crippen LogP contribution is 2.36. The summed E-state index contributed by atoms with van der Waals surface area (Å²) in [6, 6.07) is 22.5. The number of fused-ring (bicyclic) bond motifs is 1. The monoisotopic (exact) mass is 473 g/mol. The van der Waals surface area contributed by atoms with Gasteiger partial charge in [-0.15, -0.1) is 0 Å². The molecule has 0 saturated heterocycles. The summed E-state index contributed by atoms with van der Waals surface area (Å²) < 4.78 is 11.1. The van der Waals surface area contributed by atoms with Gasteiger partial charge in [-0.1, -0.05) is 60.1 Å². The van der Waals surface area contributed by atoms with Gasteiger partial charge in [0.2, 0.25) is 0 Å². The first kappa shape index (κ1) is 23.3. The van der Waals surface area contributed by atoms with Crippen LogP contribution in [-0.4, -0.2) is 30.3 Å². The van der Waals surface area contributed by atoms with Crippen LogP contribution in [0.5, 0.6) is 11.5 Å². The number of hydrogen-bond donors (Lipinski definition) is 1. The van der Waals surface area contributed by atoms with E-state index in [1.54, 1.807) is 25.3 Å². The van der Waals surface area contributed by atoms with E-state index < -0.39 is 0 Å². The van der Waals surface area contributed by atoms with Crippen molar-refractivity contribution in [1.29, 1.82) is 0 Å². The Labute approximate surface area is 203 Å². The van der Waals surface area contributed by atoms with Gasteiger partial charge in [0.1, 0.15) is 0 Å². The van der Waals surface area contributed by atoms with Crippen molar-refractivity contribution in [3.05, 3.63) is 88.9 Å². The zero-order chi connectivity index (χ0) is 24.1. The number of para-hydroxylation sites is 1. The van der Waals surface area contributed by atoms with Crippen LogP contribution in [0.4, 0.5) is 0 Å². The number of halogens is 1. The number of nitrogens with one attached hydrogen (secondary N) is 1. The predicted octanol–water partition coefficient (Wildman–Crippen LogP) is 6.11. The summed E-state index contributed by atoms with van der Waals surface area (Å²) in [5.41, 5.74) is 6.12. The molecule has 1 aromatic heterocycles. The highest BCUT2D eigenvalue weighted by Gasteiger charge is 2.15. The standard InChI is InChI=1S/C27H24ClN3O3/c1-17(2)34-26-22(28)13-18(14-25(26)33-3)16-29-31-27(32)21-15-24(19-9-5-4-6-10-19)30-23-12-8-7-11-20(21)23/h4-17H,1-3H3,(H,31,32)/b29-16-. The Bertz CT molecular complexity index is 1350. The fourth-order valence-corrected chi connectivity index (χ4v) is 3.77. The molecule has 0 spiro atoms. The summed E-state index contributed by atoms with van der Waals surface area (Å²) in [5, 5.41) is 5.28. The third-order valence-corrected chi connectivity index (χ3v) is 5.30. The number of amides is 1. The molecule has 34 heavy (non-hydrogen) atoms. The van der Waals surface area contributed by atoms with Crippen LogP contribution in [-0.2, 0) is 0 Å². The fourth-order valence-electron chi connectivity index (χ4n) is 3.51. The molecular weight excluding hydrogens is 450 g/mol. The number of hydrogen-bond acceptors (Lipinski definition) is 5. The largest absolute Gasteiger partial charge is 0.493 e. The van der Waals surface area contributed by atoms with Crippen molar-refractivity contribution in [2.75, 3.05) is 7.11 Å².